The molecule has 0 aliphatic carbocycles. The molecule has 0 spiro atoms. The summed E-state index contributed by atoms with van der Waals surface area (Å²) >= 11 is 0. The Labute approximate surface area is 143 Å². The van der Waals surface area contributed by atoms with Crippen molar-refractivity contribution in [3.63, 3.8) is 0 Å². The molecule has 6 heteroatoms. The molecule has 132 valence electrons. The zero-order valence-corrected chi connectivity index (χ0v) is 14.6. The summed E-state index contributed by atoms with van der Waals surface area (Å²) in [5.41, 5.74) is 1.16. The highest BCUT2D eigenvalue weighted by Gasteiger charge is 2.21. The Balaban J connectivity index is 1.73. The van der Waals surface area contributed by atoms with Gasteiger partial charge in [-0.05, 0) is 37.0 Å². The first kappa shape index (κ1) is 18.4. The van der Waals surface area contributed by atoms with Crippen LogP contribution in [0.4, 0.5) is 0 Å². The number of pyridine rings is 1. The van der Waals surface area contributed by atoms with E-state index in [1.807, 2.05) is 19.2 Å². The third kappa shape index (κ3) is 5.92. The van der Waals surface area contributed by atoms with Gasteiger partial charge in [0.05, 0.1) is 6.10 Å². The molecule has 0 bridgehead atoms. The Morgan fingerprint density at radius 2 is 2.04 bits per heavy atom. The summed E-state index contributed by atoms with van der Waals surface area (Å²) in [6.45, 7) is 4.02. The van der Waals surface area contributed by atoms with E-state index in [4.69, 9.17) is 4.74 Å². The highest BCUT2D eigenvalue weighted by Crippen LogP contribution is 2.13. The number of carbonyl (C=O) groups is 2. The van der Waals surface area contributed by atoms with Gasteiger partial charge in [0, 0.05) is 59.0 Å². The second-order valence-electron chi connectivity index (χ2n) is 6.27. The topological polar surface area (TPSA) is 62.7 Å². The molecule has 1 aliphatic heterocycles. The van der Waals surface area contributed by atoms with Crippen LogP contribution >= 0.6 is 0 Å². The van der Waals surface area contributed by atoms with Crippen molar-refractivity contribution in [1.29, 1.82) is 0 Å². The fourth-order valence-corrected chi connectivity index (χ4v) is 2.80. The number of hydrogen-bond acceptors (Lipinski definition) is 4. The molecule has 1 aromatic heterocycles. The molecule has 1 saturated heterocycles. The maximum Gasteiger partial charge on any atom is 0.224 e. The summed E-state index contributed by atoms with van der Waals surface area (Å²) in [7, 11) is 1.81. The van der Waals surface area contributed by atoms with E-state index in [0.717, 1.165) is 31.4 Å². The number of hydrogen-bond donors (Lipinski definition) is 0. The first-order chi connectivity index (χ1) is 11.6. The molecule has 2 rings (SSSR count). The molecule has 24 heavy (non-hydrogen) atoms. The second kappa shape index (κ2) is 9.37. The third-order valence-corrected chi connectivity index (χ3v) is 4.40. The number of aromatic nitrogens is 1. The van der Waals surface area contributed by atoms with Crippen molar-refractivity contribution in [1.82, 2.24) is 14.8 Å². The predicted molar refractivity (Wildman–Crippen MR) is 91.4 cm³/mol. The Morgan fingerprint density at radius 1 is 1.29 bits per heavy atom. The average molecular weight is 333 g/mol. The van der Waals surface area contributed by atoms with E-state index in [1.54, 1.807) is 29.1 Å². The van der Waals surface area contributed by atoms with Crippen molar-refractivity contribution in [3.8, 4) is 0 Å². The van der Waals surface area contributed by atoms with Gasteiger partial charge in [-0.15, -0.1) is 0 Å². The van der Waals surface area contributed by atoms with Crippen molar-refractivity contribution in [2.45, 2.75) is 38.7 Å². The molecule has 0 saturated carbocycles. The van der Waals surface area contributed by atoms with Gasteiger partial charge in [0.25, 0.3) is 0 Å². The van der Waals surface area contributed by atoms with Gasteiger partial charge in [-0.3, -0.25) is 14.6 Å². The number of carbonyl (C=O) groups excluding carboxylic acids is 2. The average Bonchev–Trinajstić information content (AvgIpc) is 3.10. The minimum Gasteiger partial charge on any atom is -0.376 e. The van der Waals surface area contributed by atoms with E-state index in [9.17, 15) is 9.59 Å². The van der Waals surface area contributed by atoms with Gasteiger partial charge in [0.1, 0.15) is 0 Å². The normalized spacial score (nSPS) is 16.8. The number of ether oxygens (including phenoxy) is 1. The third-order valence-electron chi connectivity index (χ3n) is 4.40. The van der Waals surface area contributed by atoms with Crippen molar-refractivity contribution < 1.29 is 14.3 Å². The van der Waals surface area contributed by atoms with Crippen molar-refractivity contribution in [3.05, 3.63) is 30.1 Å². The van der Waals surface area contributed by atoms with Crippen LogP contribution in [0, 0.1) is 0 Å². The summed E-state index contributed by atoms with van der Waals surface area (Å²) in [4.78, 5) is 31.5. The molecule has 1 fully saturated rings. The lowest BCUT2D eigenvalue weighted by atomic mass is 10.2. The van der Waals surface area contributed by atoms with Crippen LogP contribution in [0.15, 0.2) is 24.5 Å². The molecule has 0 N–H and O–H groups in total. The van der Waals surface area contributed by atoms with E-state index in [1.165, 1.54) is 0 Å². The number of likely N-dealkylation sites (N-methyl/N-ethyl adjacent to an activating group) is 1. The van der Waals surface area contributed by atoms with Gasteiger partial charge in [0.2, 0.25) is 11.8 Å². The van der Waals surface area contributed by atoms with E-state index in [-0.39, 0.29) is 17.9 Å². The quantitative estimate of drug-likeness (QED) is 0.723. The SMILES string of the molecule is CC(=O)N(CCC(=O)N(C)CCc1ccncc1)CC1CCCO1. The van der Waals surface area contributed by atoms with E-state index < -0.39 is 0 Å². The number of amides is 2. The Morgan fingerprint density at radius 3 is 2.67 bits per heavy atom. The van der Waals surface area contributed by atoms with Crippen LogP contribution in [0.1, 0.15) is 31.7 Å². The zero-order valence-electron chi connectivity index (χ0n) is 14.6. The fraction of sp³-hybridized carbons (Fsp3) is 0.611. The summed E-state index contributed by atoms with van der Waals surface area (Å²) in [6.07, 6.45) is 6.82. The monoisotopic (exact) mass is 333 g/mol. The predicted octanol–water partition coefficient (Wildman–Crippen LogP) is 1.50. The van der Waals surface area contributed by atoms with E-state index in [2.05, 4.69) is 4.98 Å². The fourth-order valence-electron chi connectivity index (χ4n) is 2.80. The zero-order chi connectivity index (χ0) is 17.4. The Bertz CT molecular complexity index is 530. The van der Waals surface area contributed by atoms with Crippen LogP contribution in [0.25, 0.3) is 0 Å². The largest absolute Gasteiger partial charge is 0.376 e. The maximum atomic E-state index is 12.3. The molecule has 1 aliphatic rings. The van der Waals surface area contributed by atoms with Crippen LogP contribution in [0.5, 0.6) is 0 Å². The Hall–Kier alpha value is -1.95. The second-order valence-corrected chi connectivity index (χ2v) is 6.27. The molecular weight excluding hydrogens is 306 g/mol. The van der Waals surface area contributed by atoms with Gasteiger partial charge in [-0.2, -0.15) is 0 Å². The van der Waals surface area contributed by atoms with Crippen LogP contribution in [-0.4, -0.2) is 66.0 Å². The highest BCUT2D eigenvalue weighted by molar-refractivity contribution is 5.78. The van der Waals surface area contributed by atoms with Gasteiger partial charge in [-0.1, -0.05) is 0 Å². The molecule has 1 aromatic rings. The molecule has 0 radical (unpaired) electrons. The summed E-state index contributed by atoms with van der Waals surface area (Å²) in [5.74, 6) is 0.0559. The van der Waals surface area contributed by atoms with Crippen LogP contribution < -0.4 is 0 Å². The van der Waals surface area contributed by atoms with Crippen molar-refractivity contribution >= 4 is 11.8 Å². The number of rotatable bonds is 8. The maximum absolute atomic E-state index is 12.3. The first-order valence-electron chi connectivity index (χ1n) is 8.56. The highest BCUT2D eigenvalue weighted by atomic mass is 16.5. The summed E-state index contributed by atoms with van der Waals surface area (Å²) in [6, 6.07) is 3.91. The Kier molecular flexibility index (Phi) is 7.18. The van der Waals surface area contributed by atoms with E-state index in [0.29, 0.717) is 26.1 Å². The van der Waals surface area contributed by atoms with E-state index >= 15 is 0 Å². The summed E-state index contributed by atoms with van der Waals surface area (Å²) in [5, 5.41) is 0. The van der Waals surface area contributed by atoms with Crippen LogP contribution in [-0.2, 0) is 20.7 Å². The number of nitrogens with zero attached hydrogens (tertiary/aromatic N) is 3. The summed E-state index contributed by atoms with van der Waals surface area (Å²) < 4.78 is 5.58. The van der Waals surface area contributed by atoms with Crippen molar-refractivity contribution in [2.24, 2.45) is 0 Å². The molecule has 1 unspecified atom stereocenters. The van der Waals surface area contributed by atoms with Crippen LogP contribution in [0.3, 0.4) is 0 Å². The molecule has 2 amide bonds. The van der Waals surface area contributed by atoms with Gasteiger partial charge < -0.3 is 14.5 Å². The van der Waals surface area contributed by atoms with Gasteiger partial charge in [-0.25, -0.2) is 0 Å². The molecule has 6 nitrogen and oxygen atoms in total. The van der Waals surface area contributed by atoms with Crippen molar-refractivity contribution in [2.75, 3.05) is 33.3 Å². The lowest BCUT2D eigenvalue weighted by Crippen LogP contribution is -2.39. The lowest BCUT2D eigenvalue weighted by Gasteiger charge is -2.25. The van der Waals surface area contributed by atoms with Gasteiger partial charge in [0.15, 0.2) is 0 Å². The minimum atomic E-state index is -0.00209. The smallest absolute Gasteiger partial charge is 0.224 e. The van der Waals surface area contributed by atoms with Gasteiger partial charge >= 0.3 is 0 Å². The van der Waals surface area contributed by atoms with Crippen LogP contribution in [0.2, 0.25) is 0 Å². The molecule has 0 aromatic carbocycles. The molecule has 1 atom stereocenters. The minimum absolute atomic E-state index is 0.00209. The first-order valence-corrected chi connectivity index (χ1v) is 8.56. The molecular formula is C18H27N3O3. The standard InChI is InChI=1S/C18H27N3O3/c1-15(22)21(14-17-4-3-13-24-17)12-8-18(23)20(2)11-7-16-5-9-19-10-6-16/h5-6,9-10,17H,3-4,7-8,11-14H2,1-2H3. The lowest BCUT2D eigenvalue weighted by molar-refractivity contribution is -0.133. The molecule has 2 heterocycles.